The first-order valence-electron chi connectivity index (χ1n) is 6.58. The molecule has 1 heterocycles. The maximum Gasteiger partial charge on any atom is 0.142 e. The van der Waals surface area contributed by atoms with Gasteiger partial charge in [-0.2, -0.15) is 0 Å². The van der Waals surface area contributed by atoms with E-state index in [0.29, 0.717) is 18.1 Å². The van der Waals surface area contributed by atoms with Crippen LogP contribution in [0.1, 0.15) is 26.2 Å². The minimum Gasteiger partial charge on any atom is -0.495 e. The largest absolute Gasteiger partial charge is 0.495 e. The van der Waals surface area contributed by atoms with Gasteiger partial charge in [-0.05, 0) is 37.8 Å². The first-order valence-corrected chi connectivity index (χ1v) is 6.58. The molecule has 3 heteroatoms. The van der Waals surface area contributed by atoms with Gasteiger partial charge >= 0.3 is 0 Å². The SMILES string of the molecule is COc1ccccc1N1CCC(CCC(C)=O)C1. The van der Waals surface area contributed by atoms with Crippen LogP contribution in [-0.4, -0.2) is 26.0 Å². The van der Waals surface area contributed by atoms with Crippen molar-refractivity contribution in [1.29, 1.82) is 0 Å². The molecule has 1 unspecified atom stereocenters. The number of carbonyl (C=O) groups is 1. The van der Waals surface area contributed by atoms with Crippen molar-refractivity contribution in [2.45, 2.75) is 26.2 Å². The fourth-order valence-electron chi connectivity index (χ4n) is 2.59. The van der Waals surface area contributed by atoms with E-state index in [-0.39, 0.29) is 0 Å². The van der Waals surface area contributed by atoms with Gasteiger partial charge in [0.15, 0.2) is 0 Å². The number of hydrogen-bond donors (Lipinski definition) is 0. The second-order valence-electron chi connectivity index (χ2n) is 5.01. The van der Waals surface area contributed by atoms with Crippen LogP contribution in [0.2, 0.25) is 0 Å². The van der Waals surface area contributed by atoms with Crippen LogP contribution in [0.25, 0.3) is 0 Å². The summed E-state index contributed by atoms with van der Waals surface area (Å²) in [6.45, 7) is 3.77. The summed E-state index contributed by atoms with van der Waals surface area (Å²) in [5.74, 6) is 1.87. The van der Waals surface area contributed by atoms with Crippen LogP contribution in [-0.2, 0) is 4.79 Å². The van der Waals surface area contributed by atoms with Gasteiger partial charge in [-0.3, -0.25) is 0 Å². The third-order valence-electron chi connectivity index (χ3n) is 3.62. The molecule has 18 heavy (non-hydrogen) atoms. The number of hydrogen-bond acceptors (Lipinski definition) is 3. The number of benzene rings is 1. The van der Waals surface area contributed by atoms with E-state index in [1.54, 1.807) is 14.0 Å². The third kappa shape index (κ3) is 3.03. The zero-order chi connectivity index (χ0) is 13.0. The van der Waals surface area contributed by atoms with Gasteiger partial charge in [0.1, 0.15) is 11.5 Å². The van der Waals surface area contributed by atoms with Gasteiger partial charge in [0.05, 0.1) is 12.8 Å². The molecule has 1 saturated heterocycles. The summed E-state index contributed by atoms with van der Waals surface area (Å²) in [5.41, 5.74) is 1.17. The number of methoxy groups -OCH3 is 1. The normalized spacial score (nSPS) is 19.0. The molecule has 0 N–H and O–H groups in total. The lowest BCUT2D eigenvalue weighted by atomic mass is 10.0. The van der Waals surface area contributed by atoms with Crippen LogP contribution in [0, 0.1) is 5.92 Å². The van der Waals surface area contributed by atoms with Crippen LogP contribution in [0.5, 0.6) is 5.75 Å². The van der Waals surface area contributed by atoms with Crippen LogP contribution < -0.4 is 9.64 Å². The van der Waals surface area contributed by atoms with Crippen LogP contribution in [0.4, 0.5) is 5.69 Å². The molecule has 1 aliphatic rings. The van der Waals surface area contributed by atoms with E-state index in [0.717, 1.165) is 25.3 Å². The summed E-state index contributed by atoms with van der Waals surface area (Å²) >= 11 is 0. The molecular formula is C15H21NO2. The molecule has 2 rings (SSSR count). The van der Waals surface area contributed by atoms with Crippen molar-refractivity contribution >= 4 is 11.5 Å². The second-order valence-corrected chi connectivity index (χ2v) is 5.01. The fraction of sp³-hybridized carbons (Fsp3) is 0.533. The molecular weight excluding hydrogens is 226 g/mol. The minimum absolute atomic E-state index is 0.297. The van der Waals surface area contributed by atoms with Crippen molar-refractivity contribution in [2.24, 2.45) is 5.92 Å². The predicted octanol–water partition coefficient (Wildman–Crippen LogP) is 2.89. The van der Waals surface area contributed by atoms with Crippen molar-refractivity contribution in [3.05, 3.63) is 24.3 Å². The van der Waals surface area contributed by atoms with E-state index in [1.165, 1.54) is 12.1 Å². The molecule has 98 valence electrons. The van der Waals surface area contributed by atoms with Crippen molar-refractivity contribution in [3.8, 4) is 5.75 Å². The highest BCUT2D eigenvalue weighted by Crippen LogP contribution is 2.33. The lowest BCUT2D eigenvalue weighted by molar-refractivity contribution is -0.117. The zero-order valence-electron chi connectivity index (χ0n) is 11.2. The Bertz CT molecular complexity index is 417. The number of ether oxygens (including phenoxy) is 1. The first-order chi connectivity index (χ1) is 8.70. The standard InChI is InChI=1S/C15H21NO2/c1-12(17)7-8-13-9-10-16(11-13)14-5-3-4-6-15(14)18-2/h3-6,13H,7-11H2,1-2H3. The number of anilines is 1. The van der Waals surface area contributed by atoms with Gasteiger partial charge in [-0.15, -0.1) is 0 Å². The fourth-order valence-corrected chi connectivity index (χ4v) is 2.59. The molecule has 0 radical (unpaired) electrons. The molecule has 0 amide bonds. The number of nitrogens with zero attached hydrogens (tertiary/aromatic N) is 1. The van der Waals surface area contributed by atoms with Gasteiger partial charge in [0.25, 0.3) is 0 Å². The smallest absolute Gasteiger partial charge is 0.142 e. The Morgan fingerprint density at radius 1 is 1.44 bits per heavy atom. The summed E-state index contributed by atoms with van der Waals surface area (Å²) in [5, 5.41) is 0. The van der Waals surface area contributed by atoms with E-state index in [2.05, 4.69) is 11.0 Å². The number of rotatable bonds is 5. The Hall–Kier alpha value is -1.51. The van der Waals surface area contributed by atoms with E-state index >= 15 is 0 Å². The Kier molecular flexibility index (Phi) is 4.24. The summed E-state index contributed by atoms with van der Waals surface area (Å²) in [4.78, 5) is 13.4. The predicted molar refractivity (Wildman–Crippen MR) is 73.2 cm³/mol. The summed E-state index contributed by atoms with van der Waals surface area (Å²) in [6.07, 6.45) is 2.90. The third-order valence-corrected chi connectivity index (χ3v) is 3.62. The molecule has 1 atom stereocenters. The number of para-hydroxylation sites is 2. The van der Waals surface area contributed by atoms with Crippen molar-refractivity contribution < 1.29 is 9.53 Å². The highest BCUT2D eigenvalue weighted by Gasteiger charge is 2.24. The van der Waals surface area contributed by atoms with Gasteiger partial charge in [0, 0.05) is 19.5 Å². The molecule has 1 fully saturated rings. The number of ketones is 1. The monoisotopic (exact) mass is 247 g/mol. The second kappa shape index (κ2) is 5.89. The van der Waals surface area contributed by atoms with E-state index in [9.17, 15) is 4.79 Å². The summed E-state index contributed by atoms with van der Waals surface area (Å²) in [7, 11) is 1.71. The molecule has 0 saturated carbocycles. The maximum absolute atomic E-state index is 11.0. The van der Waals surface area contributed by atoms with Gasteiger partial charge in [0.2, 0.25) is 0 Å². The molecule has 3 nitrogen and oxygen atoms in total. The van der Waals surface area contributed by atoms with Crippen molar-refractivity contribution in [1.82, 2.24) is 0 Å². The zero-order valence-corrected chi connectivity index (χ0v) is 11.2. The molecule has 0 aliphatic carbocycles. The number of carbonyl (C=O) groups excluding carboxylic acids is 1. The van der Waals surface area contributed by atoms with E-state index < -0.39 is 0 Å². The average Bonchev–Trinajstić information content (AvgIpc) is 2.85. The molecule has 0 spiro atoms. The first kappa shape index (κ1) is 12.9. The van der Waals surface area contributed by atoms with Gasteiger partial charge in [-0.25, -0.2) is 0 Å². The Labute approximate surface area is 109 Å². The van der Waals surface area contributed by atoms with Crippen LogP contribution >= 0.6 is 0 Å². The minimum atomic E-state index is 0.297. The lowest BCUT2D eigenvalue weighted by Crippen LogP contribution is -2.20. The molecule has 0 bridgehead atoms. The highest BCUT2D eigenvalue weighted by molar-refractivity contribution is 5.75. The lowest BCUT2D eigenvalue weighted by Gasteiger charge is -2.21. The Morgan fingerprint density at radius 3 is 2.94 bits per heavy atom. The molecule has 1 aromatic rings. The van der Waals surface area contributed by atoms with Gasteiger partial charge in [-0.1, -0.05) is 12.1 Å². The summed E-state index contributed by atoms with van der Waals surface area (Å²) < 4.78 is 5.40. The summed E-state index contributed by atoms with van der Waals surface area (Å²) in [6, 6.07) is 8.14. The van der Waals surface area contributed by atoms with Crippen LogP contribution in [0.3, 0.4) is 0 Å². The maximum atomic E-state index is 11.0. The molecule has 1 aliphatic heterocycles. The van der Waals surface area contributed by atoms with E-state index in [1.807, 2.05) is 18.2 Å². The topological polar surface area (TPSA) is 29.5 Å². The molecule has 0 aromatic heterocycles. The quantitative estimate of drug-likeness (QED) is 0.801. The van der Waals surface area contributed by atoms with Crippen molar-refractivity contribution in [3.63, 3.8) is 0 Å². The van der Waals surface area contributed by atoms with Crippen molar-refractivity contribution in [2.75, 3.05) is 25.1 Å². The van der Waals surface area contributed by atoms with Gasteiger partial charge < -0.3 is 14.4 Å². The average molecular weight is 247 g/mol. The highest BCUT2D eigenvalue weighted by atomic mass is 16.5. The van der Waals surface area contributed by atoms with Crippen LogP contribution in [0.15, 0.2) is 24.3 Å². The Balaban J connectivity index is 1.97. The Morgan fingerprint density at radius 2 is 2.22 bits per heavy atom. The van der Waals surface area contributed by atoms with E-state index in [4.69, 9.17) is 4.74 Å². The molecule has 1 aromatic carbocycles. The number of Topliss-reactive ketones (excluding diaryl/α,β-unsaturated/α-hetero) is 1.